The molecule has 0 aliphatic heterocycles. The van der Waals surface area contributed by atoms with Crippen molar-refractivity contribution in [3.63, 3.8) is 0 Å². The smallest absolute Gasteiger partial charge is 0.0243 e. The van der Waals surface area contributed by atoms with E-state index in [4.69, 9.17) is 0 Å². The van der Waals surface area contributed by atoms with E-state index in [-0.39, 0.29) is 0 Å². The van der Waals surface area contributed by atoms with Gasteiger partial charge in [-0.3, -0.25) is 0 Å². The van der Waals surface area contributed by atoms with Crippen LogP contribution in [0.1, 0.15) is 60.3 Å². The average molecular weight is 168 g/mol. The summed E-state index contributed by atoms with van der Waals surface area (Å²) in [6.45, 7) is 12.0. The molecule has 0 aromatic carbocycles. The molecule has 0 radical (unpaired) electrons. The van der Waals surface area contributed by atoms with Gasteiger partial charge in [0.15, 0.2) is 0 Å². The van der Waals surface area contributed by atoms with E-state index in [1.54, 1.807) is 0 Å². The fraction of sp³-hybridized carbons (Fsp3) is 1.00. The summed E-state index contributed by atoms with van der Waals surface area (Å²) in [5.41, 5.74) is 1.28. The maximum atomic E-state index is 2.47. The molecule has 72 valence electrons. The first kappa shape index (κ1) is 10.1. The lowest BCUT2D eigenvalue weighted by Gasteiger charge is -2.23. The van der Waals surface area contributed by atoms with E-state index >= 15 is 0 Å². The van der Waals surface area contributed by atoms with Crippen LogP contribution in [0.25, 0.3) is 0 Å². The summed E-state index contributed by atoms with van der Waals surface area (Å²) in [5.74, 6) is 0.924. The van der Waals surface area contributed by atoms with E-state index in [0.29, 0.717) is 10.8 Å². The van der Waals surface area contributed by atoms with Gasteiger partial charge in [-0.1, -0.05) is 53.9 Å². The largest absolute Gasteiger partial charge is 0.0654 e. The van der Waals surface area contributed by atoms with Crippen molar-refractivity contribution >= 4 is 0 Å². The molecular weight excluding hydrogens is 144 g/mol. The fourth-order valence-corrected chi connectivity index (χ4v) is 2.54. The lowest BCUT2D eigenvalue weighted by molar-refractivity contribution is 0.268. The van der Waals surface area contributed by atoms with Crippen LogP contribution in [-0.4, -0.2) is 0 Å². The summed E-state index contributed by atoms with van der Waals surface area (Å²) in [7, 11) is 0. The summed E-state index contributed by atoms with van der Waals surface area (Å²) in [6.07, 6.45) is 5.62. The van der Waals surface area contributed by atoms with Crippen LogP contribution in [0.5, 0.6) is 0 Å². The zero-order valence-corrected chi connectivity index (χ0v) is 9.41. The normalized spacial score (nSPS) is 34.8. The first-order valence-corrected chi connectivity index (χ1v) is 5.44. The van der Waals surface area contributed by atoms with Crippen LogP contribution in [0.3, 0.4) is 0 Å². The Morgan fingerprint density at radius 3 is 2.08 bits per heavy atom. The van der Waals surface area contributed by atoms with Gasteiger partial charge in [0.05, 0.1) is 0 Å². The van der Waals surface area contributed by atoms with Gasteiger partial charge in [-0.15, -0.1) is 0 Å². The van der Waals surface area contributed by atoms with Crippen molar-refractivity contribution in [3.8, 4) is 0 Å². The van der Waals surface area contributed by atoms with E-state index in [1.807, 2.05) is 0 Å². The van der Waals surface area contributed by atoms with E-state index in [9.17, 15) is 0 Å². The molecule has 0 aromatic heterocycles. The maximum Gasteiger partial charge on any atom is -0.0243 e. The van der Waals surface area contributed by atoms with E-state index in [1.165, 1.54) is 25.7 Å². The Kier molecular flexibility index (Phi) is 2.56. The van der Waals surface area contributed by atoms with Crippen molar-refractivity contribution < 1.29 is 0 Å². The van der Waals surface area contributed by atoms with Crippen LogP contribution < -0.4 is 0 Å². The number of hydrogen-bond acceptors (Lipinski definition) is 0. The van der Waals surface area contributed by atoms with Crippen LogP contribution in [0.4, 0.5) is 0 Å². The standard InChI is InChI=1S/C12H24/c1-6-7-8-10(2)12(5)9-11(12,3)4/h10H,6-9H2,1-5H3. The van der Waals surface area contributed by atoms with Gasteiger partial charge >= 0.3 is 0 Å². The van der Waals surface area contributed by atoms with Crippen LogP contribution in [0.2, 0.25) is 0 Å². The van der Waals surface area contributed by atoms with Gasteiger partial charge in [0, 0.05) is 0 Å². The summed E-state index contributed by atoms with van der Waals surface area (Å²) >= 11 is 0. The van der Waals surface area contributed by atoms with Crippen molar-refractivity contribution in [2.45, 2.75) is 60.3 Å². The maximum absolute atomic E-state index is 2.47. The Morgan fingerprint density at radius 1 is 1.25 bits per heavy atom. The highest BCUT2D eigenvalue weighted by atomic mass is 14.6. The third-order valence-corrected chi connectivity index (χ3v) is 4.31. The highest BCUT2D eigenvalue weighted by molar-refractivity contribution is 5.08. The zero-order chi connectivity index (χ0) is 9.41. The summed E-state index contributed by atoms with van der Waals surface area (Å²) in [6, 6.07) is 0. The van der Waals surface area contributed by atoms with Crippen molar-refractivity contribution in [1.29, 1.82) is 0 Å². The molecule has 1 saturated carbocycles. The Bertz CT molecular complexity index is 157. The van der Waals surface area contributed by atoms with E-state index in [0.717, 1.165) is 5.92 Å². The van der Waals surface area contributed by atoms with Crippen LogP contribution >= 0.6 is 0 Å². The highest BCUT2D eigenvalue weighted by Crippen LogP contribution is 2.67. The average Bonchev–Trinajstić information content (AvgIpc) is 2.48. The third-order valence-electron chi connectivity index (χ3n) is 4.31. The molecule has 0 heterocycles. The molecule has 0 spiro atoms. The van der Waals surface area contributed by atoms with Gasteiger partial charge in [0.1, 0.15) is 0 Å². The molecule has 1 aliphatic rings. The number of hydrogen-bond donors (Lipinski definition) is 0. The molecule has 12 heavy (non-hydrogen) atoms. The van der Waals surface area contributed by atoms with Crippen LogP contribution in [0, 0.1) is 16.7 Å². The second kappa shape index (κ2) is 3.05. The van der Waals surface area contributed by atoms with Crippen molar-refractivity contribution in [1.82, 2.24) is 0 Å². The molecule has 2 atom stereocenters. The van der Waals surface area contributed by atoms with E-state index in [2.05, 4.69) is 34.6 Å². The van der Waals surface area contributed by atoms with Crippen LogP contribution in [-0.2, 0) is 0 Å². The third kappa shape index (κ3) is 1.53. The summed E-state index contributed by atoms with van der Waals surface area (Å²) in [4.78, 5) is 0. The zero-order valence-electron chi connectivity index (χ0n) is 9.41. The monoisotopic (exact) mass is 168 g/mol. The van der Waals surface area contributed by atoms with Gasteiger partial charge in [-0.2, -0.15) is 0 Å². The Morgan fingerprint density at radius 2 is 1.75 bits per heavy atom. The van der Waals surface area contributed by atoms with Gasteiger partial charge in [0.25, 0.3) is 0 Å². The summed E-state index contributed by atoms with van der Waals surface area (Å²) < 4.78 is 0. The van der Waals surface area contributed by atoms with Gasteiger partial charge < -0.3 is 0 Å². The fourth-order valence-electron chi connectivity index (χ4n) is 2.54. The molecule has 0 amide bonds. The molecule has 1 fully saturated rings. The topological polar surface area (TPSA) is 0 Å². The predicted molar refractivity (Wildman–Crippen MR) is 55.2 cm³/mol. The molecule has 1 aliphatic carbocycles. The van der Waals surface area contributed by atoms with Crippen LogP contribution in [0.15, 0.2) is 0 Å². The minimum Gasteiger partial charge on any atom is -0.0654 e. The summed E-state index contributed by atoms with van der Waals surface area (Å²) in [5, 5.41) is 0. The quantitative estimate of drug-likeness (QED) is 0.588. The predicted octanol–water partition coefficient (Wildman–Crippen LogP) is 4.25. The second-order valence-electron chi connectivity index (χ2n) is 5.52. The lowest BCUT2D eigenvalue weighted by Crippen LogP contribution is -2.14. The van der Waals surface area contributed by atoms with Crippen molar-refractivity contribution in [3.05, 3.63) is 0 Å². The lowest BCUT2D eigenvalue weighted by atomic mass is 9.82. The van der Waals surface area contributed by atoms with Gasteiger partial charge in [-0.05, 0) is 23.2 Å². The Labute approximate surface area is 77.7 Å². The van der Waals surface area contributed by atoms with Crippen molar-refractivity contribution in [2.75, 3.05) is 0 Å². The molecule has 0 N–H and O–H groups in total. The second-order valence-corrected chi connectivity index (χ2v) is 5.52. The molecule has 1 rings (SSSR count). The molecule has 0 aromatic rings. The SMILES string of the molecule is CCCCC(C)C1(C)CC1(C)C. The van der Waals surface area contributed by atoms with Gasteiger partial charge in [0.2, 0.25) is 0 Å². The van der Waals surface area contributed by atoms with E-state index < -0.39 is 0 Å². The molecule has 2 unspecified atom stereocenters. The molecular formula is C12H24. The minimum absolute atomic E-state index is 0.625. The number of unbranched alkanes of at least 4 members (excludes halogenated alkanes) is 1. The first-order valence-electron chi connectivity index (χ1n) is 5.44. The Hall–Kier alpha value is 0. The minimum atomic E-state index is 0.625. The Balaban J connectivity index is 2.39. The van der Waals surface area contributed by atoms with Crippen molar-refractivity contribution in [2.24, 2.45) is 16.7 Å². The number of rotatable bonds is 4. The molecule has 0 bridgehead atoms. The molecule has 0 saturated heterocycles. The molecule has 0 nitrogen and oxygen atoms in total. The van der Waals surface area contributed by atoms with Gasteiger partial charge in [-0.25, -0.2) is 0 Å². The molecule has 0 heteroatoms. The first-order chi connectivity index (χ1) is 5.44. The highest BCUT2D eigenvalue weighted by Gasteiger charge is 2.59.